The van der Waals surface area contributed by atoms with Crippen molar-refractivity contribution in [2.75, 3.05) is 32.7 Å². The smallest absolute Gasteiger partial charge is 0.0107 e. The van der Waals surface area contributed by atoms with Gasteiger partial charge in [0.15, 0.2) is 0 Å². The van der Waals surface area contributed by atoms with Gasteiger partial charge >= 0.3 is 0 Å². The molecule has 2 nitrogen and oxygen atoms in total. The maximum absolute atomic E-state index is 3.39. The van der Waals surface area contributed by atoms with E-state index in [9.17, 15) is 0 Å². The molecule has 0 aromatic heterocycles. The van der Waals surface area contributed by atoms with Crippen molar-refractivity contribution < 1.29 is 0 Å². The van der Waals surface area contributed by atoms with Crippen molar-refractivity contribution in [3.8, 4) is 0 Å². The lowest BCUT2D eigenvalue weighted by Crippen LogP contribution is -2.43. The van der Waals surface area contributed by atoms with Crippen LogP contribution in [0.3, 0.4) is 0 Å². The van der Waals surface area contributed by atoms with Crippen LogP contribution < -0.4 is 5.32 Å². The van der Waals surface area contributed by atoms with E-state index in [1.54, 1.807) is 0 Å². The molecule has 1 rings (SSSR count). The normalized spacial score (nSPS) is 19.9. The summed E-state index contributed by atoms with van der Waals surface area (Å²) in [4.78, 5) is 2.58. The summed E-state index contributed by atoms with van der Waals surface area (Å²) in [7, 11) is 0. The Labute approximate surface area is 89.1 Å². The highest BCUT2D eigenvalue weighted by atomic mass is 15.2. The highest BCUT2D eigenvalue weighted by Crippen LogP contribution is 2.21. The van der Waals surface area contributed by atoms with E-state index in [1.165, 1.54) is 52.0 Å². The van der Waals surface area contributed by atoms with Gasteiger partial charge < -0.3 is 10.2 Å². The fourth-order valence-corrected chi connectivity index (χ4v) is 1.93. The predicted octanol–water partition coefficient (Wildman–Crippen LogP) is 2.11. The van der Waals surface area contributed by atoms with Crippen LogP contribution in [0.4, 0.5) is 0 Å². The Morgan fingerprint density at radius 2 is 1.71 bits per heavy atom. The summed E-state index contributed by atoms with van der Waals surface area (Å²) in [6.45, 7) is 13.1. The highest BCUT2D eigenvalue weighted by molar-refractivity contribution is 4.68. The quantitative estimate of drug-likeness (QED) is 0.696. The number of hydrogen-bond donors (Lipinski definition) is 1. The van der Waals surface area contributed by atoms with Gasteiger partial charge in [0, 0.05) is 26.2 Å². The first-order chi connectivity index (χ1) is 6.58. The first kappa shape index (κ1) is 12.0. The van der Waals surface area contributed by atoms with Gasteiger partial charge in [0.05, 0.1) is 0 Å². The second kappa shape index (κ2) is 5.72. The molecule has 0 spiro atoms. The first-order valence-corrected chi connectivity index (χ1v) is 6.01. The van der Waals surface area contributed by atoms with Gasteiger partial charge in [0.2, 0.25) is 0 Å². The van der Waals surface area contributed by atoms with Gasteiger partial charge in [0.1, 0.15) is 0 Å². The zero-order valence-electron chi connectivity index (χ0n) is 10.1. The molecule has 1 saturated heterocycles. The molecule has 0 radical (unpaired) electrons. The summed E-state index contributed by atoms with van der Waals surface area (Å²) in [5.74, 6) is 0. The molecular formula is C12H26N2. The largest absolute Gasteiger partial charge is 0.314 e. The summed E-state index contributed by atoms with van der Waals surface area (Å²) in [6.07, 6.45) is 4.11. The van der Waals surface area contributed by atoms with Gasteiger partial charge in [-0.2, -0.15) is 0 Å². The third-order valence-electron chi connectivity index (χ3n) is 2.86. The van der Waals surface area contributed by atoms with Crippen LogP contribution in [0.25, 0.3) is 0 Å². The molecule has 1 fully saturated rings. The maximum atomic E-state index is 3.39. The maximum Gasteiger partial charge on any atom is 0.0107 e. The summed E-state index contributed by atoms with van der Waals surface area (Å²) in [5, 5.41) is 3.39. The van der Waals surface area contributed by atoms with Crippen molar-refractivity contribution in [3.63, 3.8) is 0 Å². The molecule has 14 heavy (non-hydrogen) atoms. The number of hydrogen-bond acceptors (Lipinski definition) is 2. The van der Waals surface area contributed by atoms with E-state index in [0.29, 0.717) is 5.41 Å². The minimum absolute atomic E-state index is 0.517. The molecule has 1 heterocycles. The monoisotopic (exact) mass is 198 g/mol. The summed E-state index contributed by atoms with van der Waals surface area (Å²) >= 11 is 0. The average Bonchev–Trinajstić information content (AvgIpc) is 2.13. The SMILES string of the molecule is CC(C)(C)CCCCN1CCNCC1. The van der Waals surface area contributed by atoms with Gasteiger partial charge in [0.25, 0.3) is 0 Å². The lowest BCUT2D eigenvalue weighted by molar-refractivity contribution is 0.230. The van der Waals surface area contributed by atoms with Crippen LogP contribution in [0.2, 0.25) is 0 Å². The fraction of sp³-hybridized carbons (Fsp3) is 1.00. The molecule has 84 valence electrons. The molecule has 1 aliphatic heterocycles. The summed E-state index contributed by atoms with van der Waals surface area (Å²) < 4.78 is 0. The van der Waals surface area contributed by atoms with Crippen LogP contribution in [0.1, 0.15) is 40.0 Å². The molecule has 0 aromatic carbocycles. The molecule has 0 aromatic rings. The number of nitrogens with one attached hydrogen (secondary N) is 1. The van der Waals surface area contributed by atoms with Gasteiger partial charge in [-0.25, -0.2) is 0 Å². The van der Waals surface area contributed by atoms with E-state index in [2.05, 4.69) is 31.0 Å². The molecule has 2 heteroatoms. The molecule has 1 aliphatic rings. The van der Waals surface area contributed by atoms with E-state index in [-0.39, 0.29) is 0 Å². The Hall–Kier alpha value is -0.0800. The van der Waals surface area contributed by atoms with Crippen molar-refractivity contribution in [1.29, 1.82) is 0 Å². The minimum Gasteiger partial charge on any atom is -0.314 e. The van der Waals surface area contributed by atoms with Gasteiger partial charge in [-0.05, 0) is 24.8 Å². The van der Waals surface area contributed by atoms with Crippen LogP contribution >= 0.6 is 0 Å². The van der Waals surface area contributed by atoms with E-state index >= 15 is 0 Å². The molecule has 0 unspecified atom stereocenters. The molecular weight excluding hydrogens is 172 g/mol. The first-order valence-electron chi connectivity index (χ1n) is 6.01. The van der Waals surface area contributed by atoms with Crippen molar-refractivity contribution in [3.05, 3.63) is 0 Å². The fourth-order valence-electron chi connectivity index (χ4n) is 1.93. The highest BCUT2D eigenvalue weighted by Gasteiger charge is 2.11. The van der Waals surface area contributed by atoms with E-state index in [1.807, 2.05) is 0 Å². The minimum atomic E-state index is 0.517. The topological polar surface area (TPSA) is 15.3 Å². The van der Waals surface area contributed by atoms with Crippen molar-refractivity contribution in [2.45, 2.75) is 40.0 Å². The van der Waals surface area contributed by atoms with Crippen LogP contribution in [0.15, 0.2) is 0 Å². The Balaban J connectivity index is 1.97. The van der Waals surface area contributed by atoms with Crippen LogP contribution in [-0.4, -0.2) is 37.6 Å². The van der Waals surface area contributed by atoms with Gasteiger partial charge in [-0.1, -0.05) is 27.2 Å². The Kier molecular flexibility index (Phi) is 4.90. The Morgan fingerprint density at radius 1 is 1.07 bits per heavy atom. The van der Waals surface area contributed by atoms with Crippen LogP contribution in [0.5, 0.6) is 0 Å². The number of unbranched alkanes of at least 4 members (excludes halogenated alkanes) is 1. The van der Waals surface area contributed by atoms with Crippen LogP contribution in [0, 0.1) is 5.41 Å². The number of nitrogens with zero attached hydrogens (tertiary/aromatic N) is 1. The molecule has 0 saturated carbocycles. The number of piperazine rings is 1. The summed E-state index contributed by atoms with van der Waals surface area (Å²) in [5.41, 5.74) is 0.517. The van der Waals surface area contributed by atoms with Crippen molar-refractivity contribution >= 4 is 0 Å². The second-order valence-corrected chi connectivity index (χ2v) is 5.61. The van der Waals surface area contributed by atoms with E-state index < -0.39 is 0 Å². The lowest BCUT2D eigenvalue weighted by atomic mass is 9.90. The molecule has 0 bridgehead atoms. The van der Waals surface area contributed by atoms with Crippen LogP contribution in [-0.2, 0) is 0 Å². The molecule has 0 atom stereocenters. The van der Waals surface area contributed by atoms with Crippen molar-refractivity contribution in [1.82, 2.24) is 10.2 Å². The number of rotatable bonds is 4. The van der Waals surface area contributed by atoms with E-state index in [0.717, 1.165) is 0 Å². The zero-order chi connectivity index (χ0) is 10.4. The molecule has 0 amide bonds. The van der Waals surface area contributed by atoms with Crippen molar-refractivity contribution in [2.24, 2.45) is 5.41 Å². The standard InChI is InChI=1S/C12H26N2/c1-12(2,3)6-4-5-9-14-10-7-13-8-11-14/h13H,4-11H2,1-3H3. The predicted molar refractivity (Wildman–Crippen MR) is 62.6 cm³/mol. The Bertz CT molecular complexity index is 143. The van der Waals surface area contributed by atoms with Gasteiger partial charge in [-0.3, -0.25) is 0 Å². The average molecular weight is 198 g/mol. The third kappa shape index (κ3) is 5.61. The molecule has 0 aliphatic carbocycles. The lowest BCUT2D eigenvalue weighted by Gasteiger charge is -2.27. The zero-order valence-corrected chi connectivity index (χ0v) is 10.1. The third-order valence-corrected chi connectivity index (χ3v) is 2.86. The molecule has 1 N–H and O–H groups in total. The second-order valence-electron chi connectivity index (χ2n) is 5.61. The van der Waals surface area contributed by atoms with Gasteiger partial charge in [-0.15, -0.1) is 0 Å². The Morgan fingerprint density at radius 3 is 2.29 bits per heavy atom. The van der Waals surface area contributed by atoms with E-state index in [4.69, 9.17) is 0 Å². The summed E-state index contributed by atoms with van der Waals surface area (Å²) in [6, 6.07) is 0.